The van der Waals surface area contributed by atoms with E-state index in [2.05, 4.69) is 0 Å². The lowest BCUT2D eigenvalue weighted by atomic mass is 9.91. The van der Waals surface area contributed by atoms with Gasteiger partial charge in [-0.3, -0.25) is 0 Å². The summed E-state index contributed by atoms with van der Waals surface area (Å²) in [5.41, 5.74) is -7.50. The zero-order valence-electron chi connectivity index (χ0n) is 52.6. The summed E-state index contributed by atoms with van der Waals surface area (Å²) in [6.45, 7) is 0. The molecule has 0 atom stereocenters. The molecule has 0 N–H and O–H groups in total. The van der Waals surface area contributed by atoms with Gasteiger partial charge >= 0.3 is 0 Å². The smallest absolute Gasteiger partial charge is 0.136 e. The van der Waals surface area contributed by atoms with E-state index in [9.17, 15) is 11.0 Å². The van der Waals surface area contributed by atoms with Crippen LogP contribution in [0.15, 0.2) is 186 Å². The largest absolute Gasteiger partial charge is 0.456 e. The van der Waals surface area contributed by atoms with Gasteiger partial charge in [-0.15, -0.1) is 0 Å². The van der Waals surface area contributed by atoms with Crippen molar-refractivity contribution >= 4 is 54.3 Å². The fourth-order valence-electron chi connectivity index (χ4n) is 5.88. The minimum atomic E-state index is -1.07. The van der Waals surface area contributed by atoms with Crippen molar-refractivity contribution in [3.05, 3.63) is 181 Å². The summed E-state index contributed by atoms with van der Waals surface area (Å²) in [7, 11) is 0. The first-order valence-corrected chi connectivity index (χ1v) is 14.6. The van der Waals surface area contributed by atoms with Gasteiger partial charge in [0.15, 0.2) is 0 Å². The van der Waals surface area contributed by atoms with Crippen molar-refractivity contribution in [1.82, 2.24) is 0 Å². The van der Waals surface area contributed by atoms with Gasteiger partial charge in [0.05, 0.1) is 38.4 Å². The van der Waals surface area contributed by atoms with Crippen LogP contribution in [0.1, 0.15) is 38.4 Å². The quantitative estimate of drug-likeness (QED) is 0.173. The Labute approximate surface area is 323 Å². The predicted molar refractivity (Wildman–Crippen MR) is 208 cm³/mol. The molecule has 0 bridgehead atoms. The molecule has 0 radical (unpaired) electrons. The van der Waals surface area contributed by atoms with Crippen LogP contribution in [-0.4, -0.2) is 0 Å². The maximum absolute atomic E-state index is 9.78. The zero-order chi connectivity index (χ0) is 56.7. The van der Waals surface area contributed by atoms with Gasteiger partial charge in [-0.25, -0.2) is 0 Å². The van der Waals surface area contributed by atoms with E-state index >= 15 is 0 Å². The lowest BCUT2D eigenvalue weighted by Crippen LogP contribution is -1.86. The maximum atomic E-state index is 9.78. The number of benzene rings is 9. The summed E-state index contributed by atoms with van der Waals surface area (Å²) in [4.78, 5) is 0. The van der Waals surface area contributed by atoms with Gasteiger partial charge < -0.3 is 4.42 Å². The molecule has 0 aliphatic heterocycles. The summed E-state index contributed by atoms with van der Waals surface area (Å²) in [6.07, 6.45) is 0. The Morgan fingerprint density at radius 1 is 0.306 bits per heavy atom. The molecular weight excluding hydrogens is 593 g/mol. The predicted octanol–water partition coefficient (Wildman–Crippen LogP) is 13.7. The van der Waals surface area contributed by atoms with Crippen LogP contribution in [0.2, 0.25) is 0 Å². The molecule has 0 amide bonds. The van der Waals surface area contributed by atoms with Crippen LogP contribution in [0.25, 0.3) is 98.8 Å². The molecule has 0 fully saturated rings. The average molecular weight is 651 g/mol. The van der Waals surface area contributed by atoms with E-state index in [0.717, 1.165) is 12.1 Å². The normalized spacial score (nSPS) is 19.7. The number of rotatable bonds is 4. The highest BCUT2D eigenvalue weighted by Gasteiger charge is 2.17. The molecule has 0 saturated heterocycles. The van der Waals surface area contributed by atoms with Crippen LogP contribution in [0.4, 0.5) is 0 Å². The summed E-state index contributed by atoms with van der Waals surface area (Å²) in [6, 6.07) is -22.0. The van der Waals surface area contributed by atoms with Crippen molar-refractivity contribution in [2.75, 3.05) is 0 Å². The Kier molecular flexibility index (Phi) is 2.63. The third kappa shape index (κ3) is 4.47. The molecule has 10 rings (SSSR count). The van der Waals surface area contributed by atoms with E-state index in [1.165, 1.54) is 0 Å². The molecule has 10 aromatic rings. The van der Waals surface area contributed by atoms with Crippen LogP contribution in [0, 0.1) is 0 Å². The molecule has 49 heavy (non-hydrogen) atoms. The Morgan fingerprint density at radius 2 is 0.776 bits per heavy atom. The lowest BCUT2D eigenvalue weighted by Gasteiger charge is -2.13. The summed E-state index contributed by atoms with van der Waals surface area (Å²) in [5.74, 6) is 0. The molecule has 1 heterocycles. The molecule has 0 unspecified atom stereocenters. The van der Waals surface area contributed by atoms with Crippen molar-refractivity contribution in [2.45, 2.75) is 0 Å². The number of fused-ring (bicyclic) bond motifs is 9. The Morgan fingerprint density at radius 3 is 1.45 bits per heavy atom. The second kappa shape index (κ2) is 11.1. The van der Waals surface area contributed by atoms with Crippen molar-refractivity contribution in [3.63, 3.8) is 0 Å². The highest BCUT2D eigenvalue weighted by Crippen LogP contribution is 2.42. The van der Waals surface area contributed by atoms with Crippen molar-refractivity contribution < 1.29 is 42.8 Å². The van der Waals surface area contributed by atoms with Gasteiger partial charge in [0.2, 0.25) is 0 Å². The first-order chi connectivity index (χ1) is 35.9. The fraction of sp³-hybridized carbons (Fsp3) is 0. The van der Waals surface area contributed by atoms with Crippen LogP contribution >= 0.6 is 0 Å². The van der Waals surface area contributed by atoms with Gasteiger partial charge in [-0.2, -0.15) is 0 Å². The molecule has 9 aromatic carbocycles. The molecule has 0 spiro atoms. The second-order valence-electron chi connectivity index (χ2n) is 10.7. The Hall–Kier alpha value is -6.44. The lowest BCUT2D eigenvalue weighted by molar-refractivity contribution is 0.669. The van der Waals surface area contributed by atoms with Crippen molar-refractivity contribution in [2.24, 2.45) is 0 Å². The highest BCUT2D eigenvalue weighted by molar-refractivity contribution is 6.25. The van der Waals surface area contributed by atoms with Gasteiger partial charge in [-0.05, 0) is 107 Å². The third-order valence-electron chi connectivity index (χ3n) is 7.99. The van der Waals surface area contributed by atoms with Crippen LogP contribution in [-0.2, 0) is 0 Å². The first-order valence-electron chi connectivity index (χ1n) is 28.6. The van der Waals surface area contributed by atoms with E-state index in [0.29, 0.717) is 0 Å². The number of hydrogen-bond acceptors (Lipinski definition) is 1. The standard InChI is InChI=1S/C48H30O/c1-2-12-31(13-3-1)37-22-10-24-45-47(37)48-38(23-11-25-46(48)49-45)36-17-9-16-34(29-36)32-14-8-15-33(28-32)35-26-27-43-41-20-5-4-18-39(41)40-19-6-7-21-42(40)44(43)30-35/h1-30H/i1D,2D,3D,4D,5D,6D,7D,8D,9D,10D,11D,12D,13D,14D,15D,16D,17D,18D,20D,21D,22D,23D,24D,25D,26D,28D,29D,30D. The van der Waals surface area contributed by atoms with E-state index in [1.807, 2.05) is 0 Å². The number of hydrogen-bond donors (Lipinski definition) is 0. The topological polar surface area (TPSA) is 13.1 Å². The number of furan rings is 1. The molecule has 1 nitrogen and oxygen atoms in total. The molecule has 0 saturated carbocycles. The van der Waals surface area contributed by atoms with Crippen LogP contribution < -0.4 is 0 Å². The summed E-state index contributed by atoms with van der Waals surface area (Å²) >= 11 is 0. The second-order valence-corrected chi connectivity index (χ2v) is 10.7. The SMILES string of the molecule is [2H]c1cc2c3c([2H])c([2H])c([2H])c([2H])c3c3cc([2H])c(-c4c([2H])c([2H])c([2H])c(-c5c([2H])c([2H])c([2H])c(-c6c([2H])c([2H])c([2H])c7oc8c([2H])c([2H])c([2H])c(-c9c([2H])c([2H])c([2H])c([2H])c9[2H])c8c67)c5[2H])c4[2H])c([2H])c3c2c([2H])c1[2H]. The van der Waals surface area contributed by atoms with Gasteiger partial charge in [0.25, 0.3) is 0 Å². The van der Waals surface area contributed by atoms with E-state index in [1.54, 1.807) is 0 Å². The van der Waals surface area contributed by atoms with Crippen molar-refractivity contribution in [1.29, 1.82) is 0 Å². The molecule has 1 aromatic heterocycles. The summed E-state index contributed by atoms with van der Waals surface area (Å²) < 4.78 is 256. The Bertz CT molecular complexity index is 4450. The fourth-order valence-corrected chi connectivity index (χ4v) is 5.88. The molecular formula is C48H30O. The average Bonchev–Trinajstić information content (AvgIpc) is 3.79. The third-order valence-corrected chi connectivity index (χ3v) is 7.99. The van der Waals surface area contributed by atoms with E-state index in [4.69, 9.17) is 31.8 Å². The minimum absolute atomic E-state index is 0.159. The molecule has 228 valence electrons. The van der Waals surface area contributed by atoms with E-state index in [-0.39, 0.29) is 32.3 Å². The highest BCUT2D eigenvalue weighted by atomic mass is 16.3. The molecule has 1 heteroatoms. The minimum Gasteiger partial charge on any atom is -0.456 e. The monoisotopic (exact) mass is 650 g/mol. The van der Waals surface area contributed by atoms with Gasteiger partial charge in [0, 0.05) is 10.8 Å². The summed E-state index contributed by atoms with van der Waals surface area (Å²) in [5, 5.41) is -2.57. The molecule has 0 aliphatic carbocycles. The van der Waals surface area contributed by atoms with Crippen LogP contribution in [0.3, 0.4) is 0 Å². The van der Waals surface area contributed by atoms with E-state index < -0.39 is 236 Å². The van der Waals surface area contributed by atoms with Gasteiger partial charge in [-0.1, -0.05) is 151 Å². The first kappa shape index (κ1) is 11.6. The van der Waals surface area contributed by atoms with Gasteiger partial charge in [0.1, 0.15) is 11.2 Å². The maximum Gasteiger partial charge on any atom is 0.136 e. The zero-order valence-corrected chi connectivity index (χ0v) is 24.6. The molecule has 0 aliphatic rings. The van der Waals surface area contributed by atoms with Crippen molar-refractivity contribution in [3.8, 4) is 44.5 Å². The Balaban J connectivity index is 1.36. The van der Waals surface area contributed by atoms with Crippen LogP contribution in [0.5, 0.6) is 0 Å².